The smallest absolute Gasteiger partial charge is 0.418 e. The van der Waals surface area contributed by atoms with Crippen molar-refractivity contribution in [2.24, 2.45) is 0 Å². The van der Waals surface area contributed by atoms with E-state index in [0.29, 0.717) is 0 Å². The van der Waals surface area contributed by atoms with E-state index < -0.39 is 12.3 Å². The largest absolute Gasteiger partial charge is 0.495 e. The Kier molecular flexibility index (Phi) is 3.46. The van der Waals surface area contributed by atoms with Gasteiger partial charge in [0.2, 0.25) is 0 Å². The van der Waals surface area contributed by atoms with E-state index in [0.717, 1.165) is 12.1 Å². The number of rotatable bonds is 2. The number of halogens is 4. The van der Waals surface area contributed by atoms with Crippen molar-refractivity contribution >= 4 is 11.6 Å². The molecule has 0 saturated carbocycles. The maximum absolute atomic E-state index is 12.1. The molecule has 1 N–H and O–H groups in total. The number of ether oxygens (including phenoxy) is 1. The Morgan fingerprint density at radius 1 is 1.40 bits per heavy atom. The quantitative estimate of drug-likeness (QED) is 0.861. The van der Waals surface area contributed by atoms with Gasteiger partial charge in [-0.25, -0.2) is 0 Å². The SMILES string of the molecule is COc1cc(C(O)C(F)(F)F)ccc1Cl. The number of aliphatic hydroxyl groups is 1. The molecule has 0 radical (unpaired) electrons. The van der Waals surface area contributed by atoms with Gasteiger partial charge in [-0.2, -0.15) is 13.2 Å². The monoisotopic (exact) mass is 240 g/mol. The minimum absolute atomic E-state index is 0.0949. The van der Waals surface area contributed by atoms with Gasteiger partial charge < -0.3 is 9.84 Å². The van der Waals surface area contributed by atoms with E-state index in [4.69, 9.17) is 21.4 Å². The van der Waals surface area contributed by atoms with Crippen LogP contribution in [-0.2, 0) is 0 Å². The Morgan fingerprint density at radius 3 is 2.47 bits per heavy atom. The molecule has 1 aromatic rings. The molecular formula is C9H8ClF3O2. The summed E-state index contributed by atoms with van der Waals surface area (Å²) in [6, 6.07) is 3.40. The molecule has 0 aromatic heterocycles. The number of benzene rings is 1. The molecule has 1 aromatic carbocycles. The Bertz CT molecular complexity index is 352. The molecule has 15 heavy (non-hydrogen) atoms. The molecule has 0 bridgehead atoms. The Morgan fingerprint density at radius 2 is 2.00 bits per heavy atom. The minimum Gasteiger partial charge on any atom is -0.495 e. The van der Waals surface area contributed by atoms with Crippen LogP contribution in [0.5, 0.6) is 5.75 Å². The Balaban J connectivity index is 3.06. The van der Waals surface area contributed by atoms with Crippen LogP contribution in [0.15, 0.2) is 18.2 Å². The first kappa shape index (κ1) is 12.1. The lowest BCUT2D eigenvalue weighted by Gasteiger charge is -2.15. The minimum atomic E-state index is -4.70. The normalized spacial score (nSPS) is 13.7. The van der Waals surface area contributed by atoms with Crippen LogP contribution in [0.25, 0.3) is 0 Å². The fourth-order valence-corrected chi connectivity index (χ4v) is 1.23. The zero-order chi connectivity index (χ0) is 11.6. The van der Waals surface area contributed by atoms with Gasteiger partial charge in [-0.15, -0.1) is 0 Å². The summed E-state index contributed by atoms with van der Waals surface area (Å²) in [6.45, 7) is 0. The molecule has 0 aliphatic carbocycles. The van der Waals surface area contributed by atoms with Gasteiger partial charge in [-0.1, -0.05) is 17.7 Å². The molecule has 0 amide bonds. The highest BCUT2D eigenvalue weighted by molar-refractivity contribution is 6.32. The van der Waals surface area contributed by atoms with E-state index in [1.807, 2.05) is 0 Å². The standard InChI is InChI=1S/C9H8ClF3O2/c1-15-7-4-5(2-3-6(7)10)8(14)9(11,12)13/h2-4,8,14H,1H3. The molecule has 0 saturated heterocycles. The molecule has 1 atom stereocenters. The van der Waals surface area contributed by atoms with Crippen LogP contribution < -0.4 is 4.74 Å². The molecule has 0 aliphatic heterocycles. The Hall–Kier alpha value is -0.940. The van der Waals surface area contributed by atoms with E-state index in [1.54, 1.807) is 0 Å². The maximum Gasteiger partial charge on any atom is 0.418 e. The summed E-state index contributed by atoms with van der Waals surface area (Å²) in [6.07, 6.45) is -7.22. The van der Waals surface area contributed by atoms with Gasteiger partial charge in [0, 0.05) is 0 Å². The third kappa shape index (κ3) is 2.76. The van der Waals surface area contributed by atoms with Gasteiger partial charge in [-0.3, -0.25) is 0 Å². The lowest BCUT2D eigenvalue weighted by atomic mass is 10.1. The van der Waals surface area contributed by atoms with Gasteiger partial charge in [0.15, 0.2) is 6.10 Å². The molecule has 0 heterocycles. The summed E-state index contributed by atoms with van der Waals surface area (Å²) >= 11 is 5.63. The fourth-order valence-electron chi connectivity index (χ4n) is 1.04. The lowest BCUT2D eigenvalue weighted by Crippen LogP contribution is -2.20. The number of alkyl halides is 3. The second kappa shape index (κ2) is 4.28. The fraction of sp³-hybridized carbons (Fsp3) is 0.333. The third-order valence-corrected chi connectivity index (χ3v) is 2.11. The average Bonchev–Trinajstić information content (AvgIpc) is 2.16. The maximum atomic E-state index is 12.1. The third-order valence-electron chi connectivity index (χ3n) is 1.80. The molecule has 84 valence electrons. The highest BCUT2D eigenvalue weighted by atomic mass is 35.5. The van der Waals surface area contributed by atoms with E-state index in [9.17, 15) is 13.2 Å². The first-order valence-corrected chi connectivity index (χ1v) is 4.32. The van der Waals surface area contributed by atoms with E-state index >= 15 is 0 Å². The molecule has 0 aliphatic rings. The second-order valence-electron chi connectivity index (χ2n) is 2.84. The lowest BCUT2D eigenvalue weighted by molar-refractivity contribution is -0.206. The molecule has 0 fully saturated rings. The van der Waals surface area contributed by atoms with Crippen LogP contribution in [0, 0.1) is 0 Å². The van der Waals surface area contributed by atoms with Crippen molar-refractivity contribution in [1.82, 2.24) is 0 Å². The zero-order valence-electron chi connectivity index (χ0n) is 7.68. The summed E-state index contributed by atoms with van der Waals surface area (Å²) in [5, 5.41) is 9.13. The molecule has 0 spiro atoms. The Labute approximate surface area is 89.2 Å². The summed E-state index contributed by atoms with van der Waals surface area (Å²) in [5.41, 5.74) is -0.302. The van der Waals surface area contributed by atoms with Crippen molar-refractivity contribution in [3.8, 4) is 5.75 Å². The topological polar surface area (TPSA) is 29.5 Å². The van der Waals surface area contributed by atoms with Crippen molar-refractivity contribution in [3.63, 3.8) is 0 Å². The summed E-state index contributed by atoms with van der Waals surface area (Å²) in [5.74, 6) is 0.0949. The van der Waals surface area contributed by atoms with Crippen molar-refractivity contribution in [3.05, 3.63) is 28.8 Å². The average molecular weight is 241 g/mol. The first-order valence-electron chi connectivity index (χ1n) is 3.94. The highest BCUT2D eigenvalue weighted by Gasteiger charge is 2.39. The van der Waals surface area contributed by atoms with E-state index in [-0.39, 0.29) is 16.3 Å². The molecule has 6 heteroatoms. The number of hydrogen-bond acceptors (Lipinski definition) is 2. The zero-order valence-corrected chi connectivity index (χ0v) is 8.43. The number of methoxy groups -OCH3 is 1. The van der Waals surface area contributed by atoms with Crippen LogP contribution in [0.1, 0.15) is 11.7 Å². The molecule has 1 rings (SSSR count). The van der Waals surface area contributed by atoms with Crippen LogP contribution in [0.2, 0.25) is 5.02 Å². The number of aliphatic hydroxyl groups excluding tert-OH is 1. The van der Waals surface area contributed by atoms with Gasteiger partial charge in [-0.05, 0) is 17.7 Å². The molecular weight excluding hydrogens is 233 g/mol. The summed E-state index contributed by atoms with van der Waals surface area (Å²) < 4.78 is 41.2. The highest BCUT2D eigenvalue weighted by Crippen LogP contribution is 2.35. The van der Waals surface area contributed by atoms with Crippen LogP contribution in [-0.4, -0.2) is 18.4 Å². The van der Waals surface area contributed by atoms with Gasteiger partial charge >= 0.3 is 6.18 Å². The van der Waals surface area contributed by atoms with E-state index in [2.05, 4.69) is 0 Å². The number of hydrogen-bond donors (Lipinski definition) is 1. The molecule has 2 nitrogen and oxygen atoms in total. The van der Waals surface area contributed by atoms with Crippen molar-refractivity contribution in [1.29, 1.82) is 0 Å². The van der Waals surface area contributed by atoms with Crippen LogP contribution in [0.4, 0.5) is 13.2 Å². The summed E-state index contributed by atoms with van der Waals surface area (Å²) in [4.78, 5) is 0. The van der Waals surface area contributed by atoms with Crippen molar-refractivity contribution in [2.45, 2.75) is 12.3 Å². The first-order chi connectivity index (χ1) is 6.86. The van der Waals surface area contributed by atoms with Gasteiger partial charge in [0.25, 0.3) is 0 Å². The van der Waals surface area contributed by atoms with E-state index in [1.165, 1.54) is 13.2 Å². The predicted molar refractivity (Wildman–Crippen MR) is 49.0 cm³/mol. The van der Waals surface area contributed by atoms with Gasteiger partial charge in [0.1, 0.15) is 5.75 Å². The second-order valence-corrected chi connectivity index (χ2v) is 3.25. The van der Waals surface area contributed by atoms with Crippen molar-refractivity contribution in [2.75, 3.05) is 7.11 Å². The van der Waals surface area contributed by atoms with Crippen LogP contribution >= 0.6 is 11.6 Å². The summed E-state index contributed by atoms with van der Waals surface area (Å²) in [7, 11) is 1.28. The molecule has 1 unspecified atom stereocenters. The predicted octanol–water partition coefficient (Wildman–Crippen LogP) is 2.94. The van der Waals surface area contributed by atoms with Crippen LogP contribution in [0.3, 0.4) is 0 Å². The van der Waals surface area contributed by atoms with Gasteiger partial charge in [0.05, 0.1) is 12.1 Å². The van der Waals surface area contributed by atoms with Crippen molar-refractivity contribution < 1.29 is 23.0 Å².